The highest BCUT2D eigenvalue weighted by atomic mass is 16.1. The van der Waals surface area contributed by atoms with Gasteiger partial charge in [0.25, 0.3) is 0 Å². The third kappa shape index (κ3) is 4.84. The fraction of sp³-hybridized carbons (Fsp3) is 0.750. The van der Waals surface area contributed by atoms with Crippen molar-refractivity contribution < 1.29 is 4.79 Å². The molecule has 0 spiro atoms. The lowest BCUT2D eigenvalue weighted by atomic mass is 9.85. The molecule has 21 heavy (non-hydrogen) atoms. The number of hydrogen-bond acceptors (Lipinski definition) is 3. The van der Waals surface area contributed by atoms with E-state index in [2.05, 4.69) is 29.6 Å². The molecule has 1 aromatic heterocycles. The van der Waals surface area contributed by atoms with Crippen LogP contribution in [0.2, 0.25) is 0 Å². The van der Waals surface area contributed by atoms with Crippen LogP contribution in [0.1, 0.15) is 46.0 Å². The summed E-state index contributed by atoms with van der Waals surface area (Å²) in [7, 11) is 0. The van der Waals surface area contributed by atoms with Gasteiger partial charge < -0.3 is 10.6 Å². The number of piperidine rings is 1. The van der Waals surface area contributed by atoms with Gasteiger partial charge in [-0.05, 0) is 44.2 Å². The van der Waals surface area contributed by atoms with Gasteiger partial charge in [-0.15, -0.1) is 0 Å². The van der Waals surface area contributed by atoms with Gasteiger partial charge in [0.1, 0.15) is 5.82 Å². The zero-order chi connectivity index (χ0) is 15.1. The van der Waals surface area contributed by atoms with Gasteiger partial charge in [-0.1, -0.05) is 20.3 Å². The number of aromatic nitrogens is 2. The molecular weight excluding hydrogens is 264 g/mol. The number of nitrogens with one attached hydrogen (secondary N) is 2. The summed E-state index contributed by atoms with van der Waals surface area (Å²) in [6.45, 7) is 7.36. The van der Waals surface area contributed by atoms with Gasteiger partial charge in [0, 0.05) is 19.0 Å². The molecule has 2 heterocycles. The van der Waals surface area contributed by atoms with E-state index in [1.807, 2.05) is 10.7 Å². The predicted molar refractivity (Wildman–Crippen MR) is 85.1 cm³/mol. The number of carbonyl (C=O) groups excluding carboxylic acids is 1. The Kier molecular flexibility index (Phi) is 6.23. The number of amides is 1. The fourth-order valence-corrected chi connectivity index (χ4v) is 2.94. The fourth-order valence-electron chi connectivity index (χ4n) is 2.94. The van der Waals surface area contributed by atoms with Crippen LogP contribution in [0.3, 0.4) is 0 Å². The van der Waals surface area contributed by atoms with Gasteiger partial charge in [-0.25, -0.2) is 4.68 Å². The molecule has 1 aromatic rings. The number of anilines is 1. The van der Waals surface area contributed by atoms with Crippen LogP contribution in [0.4, 0.5) is 5.82 Å². The van der Waals surface area contributed by atoms with Gasteiger partial charge in [-0.3, -0.25) is 4.79 Å². The molecule has 0 radical (unpaired) electrons. The summed E-state index contributed by atoms with van der Waals surface area (Å²) in [5.74, 6) is 1.97. The second-order valence-electron chi connectivity index (χ2n) is 6.13. The second kappa shape index (κ2) is 8.17. The molecule has 0 saturated carbocycles. The molecule has 0 bridgehead atoms. The molecule has 5 nitrogen and oxygen atoms in total. The Morgan fingerprint density at radius 3 is 3.19 bits per heavy atom. The first-order chi connectivity index (χ1) is 10.2. The molecule has 0 aromatic carbocycles. The van der Waals surface area contributed by atoms with Crippen molar-refractivity contribution in [3.05, 3.63) is 12.3 Å². The lowest BCUT2D eigenvalue weighted by molar-refractivity contribution is -0.117. The summed E-state index contributed by atoms with van der Waals surface area (Å²) in [4.78, 5) is 12.2. The smallest absolute Gasteiger partial charge is 0.225 e. The van der Waals surface area contributed by atoms with E-state index in [0.29, 0.717) is 18.3 Å². The first-order valence-corrected chi connectivity index (χ1v) is 8.23. The van der Waals surface area contributed by atoms with Crippen LogP contribution in [0.25, 0.3) is 0 Å². The van der Waals surface area contributed by atoms with Crippen LogP contribution in [-0.4, -0.2) is 28.8 Å². The Bertz CT molecular complexity index is 437. The van der Waals surface area contributed by atoms with Crippen molar-refractivity contribution in [2.24, 2.45) is 11.8 Å². The van der Waals surface area contributed by atoms with E-state index in [1.54, 1.807) is 6.20 Å². The van der Waals surface area contributed by atoms with Crippen LogP contribution in [0.5, 0.6) is 0 Å². The minimum atomic E-state index is 0.103. The molecule has 1 amide bonds. The lowest BCUT2D eigenvalue weighted by Gasteiger charge is -2.28. The van der Waals surface area contributed by atoms with Crippen molar-refractivity contribution in [2.45, 2.75) is 52.5 Å². The van der Waals surface area contributed by atoms with Crippen molar-refractivity contribution in [3.8, 4) is 0 Å². The van der Waals surface area contributed by atoms with Gasteiger partial charge >= 0.3 is 0 Å². The number of unbranched alkanes of at least 4 members (excludes halogenated alkanes) is 1. The number of aryl methyl sites for hydroxylation is 1. The number of nitrogens with zero attached hydrogens (tertiary/aromatic N) is 2. The third-order valence-corrected chi connectivity index (χ3v) is 4.35. The van der Waals surface area contributed by atoms with Crippen molar-refractivity contribution in [3.63, 3.8) is 0 Å². The largest absolute Gasteiger partial charge is 0.316 e. The Labute approximate surface area is 127 Å². The molecule has 2 N–H and O–H groups in total. The zero-order valence-electron chi connectivity index (χ0n) is 13.3. The average molecular weight is 292 g/mol. The van der Waals surface area contributed by atoms with E-state index in [-0.39, 0.29) is 5.91 Å². The molecule has 1 aliphatic heterocycles. The van der Waals surface area contributed by atoms with Gasteiger partial charge in [-0.2, -0.15) is 5.10 Å². The molecule has 0 aliphatic carbocycles. The highest BCUT2D eigenvalue weighted by molar-refractivity contribution is 5.89. The Balaban J connectivity index is 1.82. The van der Waals surface area contributed by atoms with Crippen molar-refractivity contribution in [2.75, 3.05) is 18.4 Å². The maximum Gasteiger partial charge on any atom is 0.225 e. The Hall–Kier alpha value is -1.36. The first kappa shape index (κ1) is 16.0. The van der Waals surface area contributed by atoms with Crippen LogP contribution < -0.4 is 10.6 Å². The van der Waals surface area contributed by atoms with Crippen molar-refractivity contribution in [1.29, 1.82) is 0 Å². The summed E-state index contributed by atoms with van der Waals surface area (Å²) in [5, 5.41) is 10.7. The summed E-state index contributed by atoms with van der Waals surface area (Å²) in [5.41, 5.74) is 0. The highest BCUT2D eigenvalue weighted by Gasteiger charge is 2.22. The second-order valence-corrected chi connectivity index (χ2v) is 6.13. The Morgan fingerprint density at radius 2 is 2.48 bits per heavy atom. The van der Waals surface area contributed by atoms with E-state index in [9.17, 15) is 4.79 Å². The molecule has 1 aliphatic rings. The number of hydrogen-bond donors (Lipinski definition) is 2. The minimum absolute atomic E-state index is 0.103. The number of carbonyl (C=O) groups is 1. The maximum absolute atomic E-state index is 12.2. The molecule has 2 atom stereocenters. The predicted octanol–water partition coefficient (Wildman–Crippen LogP) is 2.65. The first-order valence-electron chi connectivity index (χ1n) is 8.23. The summed E-state index contributed by atoms with van der Waals surface area (Å²) < 4.78 is 1.88. The summed E-state index contributed by atoms with van der Waals surface area (Å²) in [6, 6.07) is 1.88. The minimum Gasteiger partial charge on any atom is -0.316 e. The molecule has 2 unspecified atom stereocenters. The lowest BCUT2D eigenvalue weighted by Crippen LogP contribution is -2.34. The summed E-state index contributed by atoms with van der Waals surface area (Å²) in [6.07, 6.45) is 7.00. The summed E-state index contributed by atoms with van der Waals surface area (Å²) >= 11 is 0. The zero-order valence-corrected chi connectivity index (χ0v) is 13.3. The van der Waals surface area contributed by atoms with Crippen LogP contribution >= 0.6 is 0 Å². The standard InChI is InChI=1S/C16H28N4O/c1-3-4-10-20-15(7-9-18-20)19-16(21)11-13(2)14-6-5-8-17-12-14/h7,9,13-14,17H,3-6,8,10-12H2,1-2H3,(H,19,21). The molecule has 1 fully saturated rings. The maximum atomic E-state index is 12.2. The SMILES string of the molecule is CCCCn1nccc1NC(=O)CC(C)C1CCCNC1. The van der Waals surface area contributed by atoms with Gasteiger partial charge in [0.2, 0.25) is 5.91 Å². The highest BCUT2D eigenvalue weighted by Crippen LogP contribution is 2.23. The van der Waals surface area contributed by atoms with Gasteiger partial charge in [0.15, 0.2) is 0 Å². The van der Waals surface area contributed by atoms with Crippen molar-refractivity contribution >= 4 is 11.7 Å². The molecule has 1 saturated heterocycles. The van der Waals surface area contributed by atoms with Crippen LogP contribution in [0, 0.1) is 11.8 Å². The Morgan fingerprint density at radius 1 is 1.62 bits per heavy atom. The molecule has 118 valence electrons. The van der Waals surface area contributed by atoms with Crippen molar-refractivity contribution in [1.82, 2.24) is 15.1 Å². The average Bonchev–Trinajstić information content (AvgIpc) is 2.93. The van der Waals surface area contributed by atoms with E-state index < -0.39 is 0 Å². The monoisotopic (exact) mass is 292 g/mol. The van der Waals surface area contributed by atoms with E-state index in [4.69, 9.17) is 0 Å². The van der Waals surface area contributed by atoms with Crippen LogP contribution in [0.15, 0.2) is 12.3 Å². The topological polar surface area (TPSA) is 59.0 Å². The quantitative estimate of drug-likeness (QED) is 0.812. The third-order valence-electron chi connectivity index (χ3n) is 4.35. The van der Waals surface area contributed by atoms with Crippen LogP contribution in [-0.2, 0) is 11.3 Å². The van der Waals surface area contributed by atoms with E-state index in [1.165, 1.54) is 12.8 Å². The molecule has 2 rings (SSSR count). The number of rotatable bonds is 7. The van der Waals surface area contributed by atoms with E-state index >= 15 is 0 Å². The normalized spacial score (nSPS) is 20.2. The molecular formula is C16H28N4O. The van der Waals surface area contributed by atoms with E-state index in [0.717, 1.165) is 38.3 Å². The molecule has 5 heteroatoms. The van der Waals surface area contributed by atoms with Gasteiger partial charge in [0.05, 0.1) is 6.20 Å².